The Hall–Kier alpha value is 2.19. The third-order valence-electron chi connectivity index (χ3n) is 4.73. The van der Waals surface area contributed by atoms with Crippen molar-refractivity contribution in [2.24, 2.45) is 0 Å². The molecule has 39 heavy (non-hydrogen) atoms. The molecule has 2 bridgehead atoms. The lowest BCUT2D eigenvalue weighted by Gasteiger charge is -2.46. The van der Waals surface area contributed by atoms with Crippen LogP contribution >= 0.6 is 11.1 Å². The minimum absolute atomic E-state index is 1.27. The topological polar surface area (TPSA) is 168 Å². The van der Waals surface area contributed by atoms with Crippen LogP contribution in [0.4, 0.5) is 0 Å². The fraction of sp³-hybridized carbons (Fsp3) is 1.00. The summed E-state index contributed by atoms with van der Waals surface area (Å²) >= 11 is -0.486. The van der Waals surface area contributed by atoms with Crippen molar-refractivity contribution in [3.8, 4) is 0 Å². The Morgan fingerprint density at radius 3 is 1.41 bits per heavy atom. The standard InChI is InChI=1S/C6H18O10Si3.C5H15O5Si3.CH4ClO2Si.2Al/c1-9-17(7,10-2)15-19(13-5,14-6)16-18(8,11-3)12-4;1-11(2,6)9-13(5,8)10-12(3,4)7;1-5(2,3)4;;/h1-6H3;1-5H3;3H,1H3;;/q-2;-3;-1;2*+3/t;;5-;;/m..0../s1. The zero-order valence-corrected chi connectivity index (χ0v) is 34.1. The molecule has 2 aliphatic heterocycles. The monoisotopic (exact) mass is 738 g/mol. The molecular weight excluding hydrogens is 702 g/mol. The van der Waals surface area contributed by atoms with Gasteiger partial charge >= 0.3 is 74.1 Å². The summed E-state index contributed by atoms with van der Waals surface area (Å²) in [5.41, 5.74) is 0. The van der Waals surface area contributed by atoms with Gasteiger partial charge in [-0.15, -0.1) is 11.1 Å². The summed E-state index contributed by atoms with van der Waals surface area (Å²) in [4.78, 5) is 10.4. The van der Waals surface area contributed by atoms with Crippen molar-refractivity contribution in [3.05, 3.63) is 0 Å². The highest BCUT2D eigenvalue weighted by Crippen LogP contribution is 2.33. The highest BCUT2D eigenvalue weighted by Gasteiger charge is 2.69. The molecule has 0 spiro atoms. The third-order valence-corrected chi connectivity index (χ3v) is 34.3. The van der Waals surface area contributed by atoms with Gasteiger partial charge in [0.1, 0.15) is 0 Å². The quantitative estimate of drug-likeness (QED) is 0.263. The molecule has 17 nitrogen and oxygen atoms in total. The van der Waals surface area contributed by atoms with Gasteiger partial charge in [0.25, 0.3) is 17.1 Å². The van der Waals surface area contributed by atoms with Crippen LogP contribution in [0.2, 0.25) is 39.3 Å². The molecule has 2 aliphatic rings. The molecular formula is C12H37Al2ClO17Si7. The molecule has 1 N–H and O–H groups in total. The molecule has 0 amide bonds. The SMILES string of the molecule is CO[Si]1(OC)[O][Al]2[O][Si](C)(C)O[Si](C)([O]2)O[Si](C)(C)[O][Al]([O][Si@](C)(O)Cl)[O][Si](OC)(OC)O[Si](OC)(OC)O1. The van der Waals surface area contributed by atoms with Crippen LogP contribution in [0.3, 0.4) is 0 Å². The van der Waals surface area contributed by atoms with E-state index in [1.807, 2.05) is 13.1 Å². The van der Waals surface area contributed by atoms with Crippen LogP contribution in [0.25, 0.3) is 0 Å². The highest BCUT2D eigenvalue weighted by atomic mass is 35.6. The lowest BCUT2D eigenvalue weighted by molar-refractivity contribution is -0.0391. The summed E-state index contributed by atoms with van der Waals surface area (Å²) in [6, 6.07) is 0. The summed E-state index contributed by atoms with van der Waals surface area (Å²) in [6.07, 6.45) is 0. The largest absolute Gasteiger partial charge is 0.881 e. The first kappa shape index (κ1) is 37.4. The second-order valence-electron chi connectivity index (χ2n) is 8.95. The molecule has 1 unspecified atom stereocenters. The van der Waals surface area contributed by atoms with Crippen LogP contribution < -0.4 is 0 Å². The van der Waals surface area contributed by atoms with E-state index < -0.39 is 91.2 Å². The van der Waals surface area contributed by atoms with Crippen LogP contribution in [-0.2, 0) is 63.9 Å². The van der Waals surface area contributed by atoms with Crippen molar-refractivity contribution in [2.45, 2.75) is 39.3 Å². The van der Waals surface area contributed by atoms with Gasteiger partial charge in [0.15, 0.2) is 0 Å². The smallest absolute Gasteiger partial charge is 0.480 e. The molecule has 0 aromatic carbocycles. The first-order chi connectivity index (χ1) is 17.8. The minimum atomic E-state index is -4.33. The Morgan fingerprint density at radius 2 is 1.00 bits per heavy atom. The number of rotatable bonds is 8. The Labute approximate surface area is 251 Å². The van der Waals surface area contributed by atoms with Crippen LogP contribution in [0.15, 0.2) is 0 Å². The molecule has 2 fully saturated rings. The maximum atomic E-state index is 10.4. The molecule has 27 heteroatoms. The van der Waals surface area contributed by atoms with E-state index in [0.29, 0.717) is 0 Å². The molecule has 228 valence electrons. The lowest BCUT2D eigenvalue weighted by atomic mass is 11.8. The maximum absolute atomic E-state index is 10.4. The molecule has 2 heterocycles. The fourth-order valence-corrected chi connectivity index (χ4v) is 35.3. The lowest BCUT2D eigenvalue weighted by Crippen LogP contribution is -2.72. The van der Waals surface area contributed by atoms with E-state index in [1.54, 1.807) is 19.6 Å². The number of fused-ring (bicyclic) bond motifs is 2. The minimum Gasteiger partial charge on any atom is -0.480 e. The normalized spacial score (nSPS) is 30.3. The molecule has 0 radical (unpaired) electrons. The van der Waals surface area contributed by atoms with Crippen molar-refractivity contribution in [3.63, 3.8) is 0 Å². The summed E-state index contributed by atoms with van der Waals surface area (Å²) in [6.45, 7) is 10.1. The van der Waals surface area contributed by atoms with Crippen molar-refractivity contribution in [1.29, 1.82) is 0 Å². The van der Waals surface area contributed by atoms with Gasteiger partial charge < -0.3 is 68.7 Å². The third kappa shape index (κ3) is 10.7. The predicted molar refractivity (Wildman–Crippen MR) is 148 cm³/mol. The van der Waals surface area contributed by atoms with Gasteiger partial charge in [-0.05, 0) is 32.7 Å². The molecule has 0 aliphatic carbocycles. The highest BCUT2D eigenvalue weighted by molar-refractivity contribution is 7.13. The molecule has 0 saturated carbocycles. The van der Waals surface area contributed by atoms with Crippen molar-refractivity contribution < 1.29 is 68.7 Å². The van der Waals surface area contributed by atoms with E-state index in [1.165, 1.54) is 49.2 Å². The van der Waals surface area contributed by atoms with Crippen molar-refractivity contribution >= 4 is 102 Å². The van der Waals surface area contributed by atoms with Gasteiger partial charge in [-0.3, -0.25) is 0 Å². The summed E-state index contributed by atoms with van der Waals surface area (Å²) in [7, 11) is -18.4. The first-order valence-corrected chi connectivity index (χ1v) is 30.3. The maximum Gasteiger partial charge on any atom is 0.881 e. The van der Waals surface area contributed by atoms with E-state index in [2.05, 4.69) is 0 Å². The van der Waals surface area contributed by atoms with E-state index in [4.69, 9.17) is 75.0 Å². The van der Waals surface area contributed by atoms with E-state index in [9.17, 15) is 4.80 Å². The Bertz CT molecular complexity index is 804. The van der Waals surface area contributed by atoms with Gasteiger partial charge in [-0.2, -0.15) is 0 Å². The average molecular weight is 739 g/mol. The summed E-state index contributed by atoms with van der Waals surface area (Å²) < 4.78 is 94.9. The number of halogens is 1. The molecule has 2 rings (SSSR count). The average Bonchev–Trinajstić information content (AvgIpc) is 2.78. The van der Waals surface area contributed by atoms with Gasteiger partial charge in [-0.1, -0.05) is 0 Å². The second kappa shape index (κ2) is 14.1. The first-order valence-electron chi connectivity index (χ1n) is 11.4. The Morgan fingerprint density at radius 1 is 0.590 bits per heavy atom. The molecule has 2 saturated heterocycles. The summed E-state index contributed by atoms with van der Waals surface area (Å²) in [5, 5.41) is 0. The van der Waals surface area contributed by atoms with E-state index >= 15 is 0 Å². The predicted octanol–water partition coefficient (Wildman–Crippen LogP) is 0.107. The van der Waals surface area contributed by atoms with Crippen LogP contribution in [-0.4, -0.2) is 139 Å². The van der Waals surface area contributed by atoms with Crippen LogP contribution in [0.1, 0.15) is 0 Å². The van der Waals surface area contributed by atoms with Gasteiger partial charge in [0, 0.05) is 49.2 Å². The van der Waals surface area contributed by atoms with Gasteiger partial charge in [0.2, 0.25) is 0 Å². The Kier molecular flexibility index (Phi) is 13.5. The van der Waals surface area contributed by atoms with Crippen LogP contribution in [0, 0.1) is 0 Å². The van der Waals surface area contributed by atoms with E-state index in [-0.39, 0.29) is 0 Å². The summed E-state index contributed by atoms with van der Waals surface area (Å²) in [5.74, 6) is 0. The van der Waals surface area contributed by atoms with Crippen molar-refractivity contribution in [2.75, 3.05) is 42.7 Å². The Balaban J connectivity index is 2.72. The second-order valence-corrected chi connectivity index (χ2v) is 35.6. The van der Waals surface area contributed by atoms with Crippen LogP contribution in [0.5, 0.6) is 0 Å². The zero-order valence-electron chi connectivity index (χ0n) is 24.0. The zero-order chi connectivity index (χ0) is 30.0. The number of hydrogen-bond acceptors (Lipinski definition) is 17. The molecule has 0 aromatic heterocycles. The van der Waals surface area contributed by atoms with Crippen molar-refractivity contribution in [1.82, 2.24) is 0 Å². The van der Waals surface area contributed by atoms with Gasteiger partial charge in [0.05, 0.1) is 0 Å². The van der Waals surface area contributed by atoms with Gasteiger partial charge in [-0.25, -0.2) is 0 Å². The molecule has 2 atom stereocenters. The molecule has 0 aromatic rings. The number of hydrogen-bond donors (Lipinski definition) is 1. The fourth-order valence-electron chi connectivity index (χ4n) is 3.35. The van der Waals surface area contributed by atoms with E-state index in [0.717, 1.165) is 0 Å².